The summed E-state index contributed by atoms with van der Waals surface area (Å²) in [5, 5.41) is 6.24. The van der Waals surface area contributed by atoms with Crippen molar-refractivity contribution in [1.82, 2.24) is 9.97 Å². The largest absolute Gasteiger partial charge is 0.495 e. The van der Waals surface area contributed by atoms with Crippen molar-refractivity contribution in [2.45, 2.75) is 6.92 Å². The number of rotatable bonds is 4. The second kappa shape index (κ2) is 5.88. The smallest absolute Gasteiger partial charge is 0.150 e. The molecular weight excluding hydrogens is 308 g/mol. The van der Waals surface area contributed by atoms with Gasteiger partial charge in [0, 0.05) is 7.05 Å². The van der Waals surface area contributed by atoms with Crippen LogP contribution in [0.25, 0.3) is 0 Å². The Labute approximate surface area is 120 Å². The molecule has 2 aromatic rings. The number of nitrogens with zero attached hydrogens (tertiary/aromatic N) is 2. The molecule has 0 amide bonds. The van der Waals surface area contributed by atoms with Crippen molar-refractivity contribution in [3.8, 4) is 5.75 Å². The zero-order valence-corrected chi connectivity index (χ0v) is 12.6. The zero-order valence-electron chi connectivity index (χ0n) is 11.0. The first-order valence-corrected chi connectivity index (χ1v) is 6.55. The van der Waals surface area contributed by atoms with Crippen LogP contribution in [0.4, 0.5) is 17.3 Å². The van der Waals surface area contributed by atoms with Gasteiger partial charge in [-0.2, -0.15) is 0 Å². The Morgan fingerprint density at radius 3 is 2.63 bits per heavy atom. The molecule has 0 bridgehead atoms. The molecule has 6 heteroatoms. The summed E-state index contributed by atoms with van der Waals surface area (Å²) in [7, 11) is 3.45. The molecule has 0 unspecified atom stereocenters. The van der Waals surface area contributed by atoms with Crippen LogP contribution in [0.15, 0.2) is 29.0 Å². The average molecular weight is 323 g/mol. The normalized spacial score (nSPS) is 10.1. The van der Waals surface area contributed by atoms with E-state index in [1.165, 1.54) is 6.33 Å². The van der Waals surface area contributed by atoms with Gasteiger partial charge in [-0.05, 0) is 40.5 Å². The van der Waals surface area contributed by atoms with E-state index < -0.39 is 0 Å². The number of benzene rings is 1. The Morgan fingerprint density at radius 2 is 1.95 bits per heavy atom. The number of halogens is 1. The Balaban J connectivity index is 2.38. The van der Waals surface area contributed by atoms with Crippen LogP contribution in [0.5, 0.6) is 5.75 Å². The fourth-order valence-electron chi connectivity index (χ4n) is 1.68. The van der Waals surface area contributed by atoms with Crippen LogP contribution in [0.2, 0.25) is 0 Å². The highest BCUT2D eigenvalue weighted by atomic mass is 79.9. The molecule has 1 aromatic heterocycles. The number of aromatic nitrogens is 2. The van der Waals surface area contributed by atoms with Gasteiger partial charge in [-0.15, -0.1) is 0 Å². The maximum Gasteiger partial charge on any atom is 0.150 e. The van der Waals surface area contributed by atoms with E-state index in [9.17, 15) is 0 Å². The van der Waals surface area contributed by atoms with Crippen LogP contribution < -0.4 is 15.4 Å². The molecular formula is C13H15BrN4O. The number of hydrogen-bond donors (Lipinski definition) is 2. The van der Waals surface area contributed by atoms with E-state index in [1.54, 1.807) is 7.11 Å². The fourth-order valence-corrected chi connectivity index (χ4v) is 2.18. The van der Waals surface area contributed by atoms with Crippen LogP contribution in [0.1, 0.15) is 5.56 Å². The molecule has 0 spiro atoms. The fraction of sp³-hybridized carbons (Fsp3) is 0.231. The molecule has 0 aliphatic carbocycles. The summed E-state index contributed by atoms with van der Waals surface area (Å²) in [5.74, 6) is 2.18. The molecule has 5 nitrogen and oxygen atoms in total. The van der Waals surface area contributed by atoms with E-state index in [1.807, 2.05) is 32.2 Å². The highest BCUT2D eigenvalue weighted by molar-refractivity contribution is 9.10. The van der Waals surface area contributed by atoms with Gasteiger partial charge in [0.15, 0.2) is 0 Å². The van der Waals surface area contributed by atoms with Crippen molar-refractivity contribution >= 4 is 33.3 Å². The topological polar surface area (TPSA) is 59.1 Å². The number of hydrogen-bond acceptors (Lipinski definition) is 5. The summed E-state index contributed by atoms with van der Waals surface area (Å²) in [4.78, 5) is 8.34. The van der Waals surface area contributed by atoms with E-state index in [4.69, 9.17) is 4.74 Å². The van der Waals surface area contributed by atoms with Gasteiger partial charge in [-0.25, -0.2) is 9.97 Å². The van der Waals surface area contributed by atoms with Crippen molar-refractivity contribution in [2.75, 3.05) is 24.8 Å². The predicted molar refractivity (Wildman–Crippen MR) is 80.3 cm³/mol. The van der Waals surface area contributed by atoms with Gasteiger partial charge in [0.2, 0.25) is 0 Å². The summed E-state index contributed by atoms with van der Waals surface area (Å²) in [5.41, 5.74) is 2.01. The Kier molecular flexibility index (Phi) is 4.21. The number of methoxy groups -OCH3 is 1. The Morgan fingerprint density at radius 1 is 1.21 bits per heavy atom. The van der Waals surface area contributed by atoms with E-state index >= 15 is 0 Å². The molecule has 0 saturated heterocycles. The summed E-state index contributed by atoms with van der Waals surface area (Å²) in [6.45, 7) is 2.03. The summed E-state index contributed by atoms with van der Waals surface area (Å²) >= 11 is 3.47. The molecule has 0 aliphatic rings. The second-order valence-corrected chi connectivity index (χ2v) is 4.76. The molecule has 1 heterocycles. The number of nitrogens with one attached hydrogen (secondary N) is 2. The van der Waals surface area contributed by atoms with Crippen LogP contribution in [-0.2, 0) is 0 Å². The first-order chi connectivity index (χ1) is 9.15. The predicted octanol–water partition coefficient (Wildman–Crippen LogP) is 3.34. The van der Waals surface area contributed by atoms with E-state index in [2.05, 4.69) is 36.5 Å². The van der Waals surface area contributed by atoms with E-state index in [0.29, 0.717) is 5.82 Å². The third-order valence-corrected chi connectivity index (χ3v) is 3.39. The third-order valence-electron chi connectivity index (χ3n) is 2.63. The molecule has 2 N–H and O–H groups in total. The van der Waals surface area contributed by atoms with Gasteiger partial charge >= 0.3 is 0 Å². The van der Waals surface area contributed by atoms with Gasteiger partial charge in [0.25, 0.3) is 0 Å². The molecule has 0 radical (unpaired) electrons. The van der Waals surface area contributed by atoms with Gasteiger partial charge < -0.3 is 15.4 Å². The maximum atomic E-state index is 5.33. The van der Waals surface area contributed by atoms with Crippen molar-refractivity contribution in [3.63, 3.8) is 0 Å². The highest BCUT2D eigenvalue weighted by Gasteiger charge is 2.10. The van der Waals surface area contributed by atoms with E-state index in [0.717, 1.165) is 27.3 Å². The minimum absolute atomic E-state index is 0.684. The first-order valence-electron chi connectivity index (χ1n) is 5.75. The average Bonchev–Trinajstić information content (AvgIpc) is 2.41. The van der Waals surface area contributed by atoms with Crippen molar-refractivity contribution in [1.29, 1.82) is 0 Å². The Hall–Kier alpha value is -1.82. The first kappa shape index (κ1) is 13.6. The van der Waals surface area contributed by atoms with Crippen LogP contribution in [0, 0.1) is 6.92 Å². The lowest BCUT2D eigenvalue weighted by Crippen LogP contribution is -2.01. The van der Waals surface area contributed by atoms with Crippen molar-refractivity contribution in [2.24, 2.45) is 0 Å². The minimum atomic E-state index is 0.684. The lowest BCUT2D eigenvalue weighted by atomic mass is 10.2. The lowest BCUT2D eigenvalue weighted by Gasteiger charge is -2.13. The number of anilines is 3. The number of aryl methyl sites for hydroxylation is 1. The minimum Gasteiger partial charge on any atom is -0.495 e. The third kappa shape index (κ3) is 2.96. The molecule has 2 rings (SSSR count). The standard InChI is InChI=1S/C13H15BrN4O/c1-8-4-5-10(19-3)9(6-8)18-13-11(14)12(15-2)16-7-17-13/h4-7H,1-3H3,(H2,15,16,17,18). The van der Waals surface area contributed by atoms with Gasteiger partial charge in [0.1, 0.15) is 28.2 Å². The summed E-state index contributed by atoms with van der Waals surface area (Å²) in [6.07, 6.45) is 1.50. The monoisotopic (exact) mass is 322 g/mol. The van der Waals surface area contributed by atoms with Crippen LogP contribution >= 0.6 is 15.9 Å². The highest BCUT2D eigenvalue weighted by Crippen LogP contribution is 2.32. The SMILES string of the molecule is CNc1ncnc(Nc2cc(C)ccc2OC)c1Br. The summed E-state index contributed by atoms with van der Waals surface area (Å²) in [6, 6.07) is 5.93. The second-order valence-electron chi connectivity index (χ2n) is 3.96. The molecule has 0 fully saturated rings. The molecule has 19 heavy (non-hydrogen) atoms. The molecule has 0 aliphatic heterocycles. The van der Waals surface area contributed by atoms with Gasteiger partial charge in [-0.3, -0.25) is 0 Å². The molecule has 100 valence electrons. The lowest BCUT2D eigenvalue weighted by molar-refractivity contribution is 0.416. The quantitative estimate of drug-likeness (QED) is 0.904. The van der Waals surface area contributed by atoms with E-state index in [-0.39, 0.29) is 0 Å². The van der Waals surface area contributed by atoms with Gasteiger partial charge in [-0.1, -0.05) is 6.07 Å². The summed E-state index contributed by atoms with van der Waals surface area (Å²) < 4.78 is 6.11. The Bertz CT molecular complexity index is 589. The van der Waals surface area contributed by atoms with Crippen molar-refractivity contribution < 1.29 is 4.74 Å². The van der Waals surface area contributed by atoms with Gasteiger partial charge in [0.05, 0.1) is 12.8 Å². The number of ether oxygens (including phenoxy) is 1. The van der Waals surface area contributed by atoms with Crippen LogP contribution in [-0.4, -0.2) is 24.1 Å². The van der Waals surface area contributed by atoms with Crippen molar-refractivity contribution in [3.05, 3.63) is 34.6 Å². The maximum absolute atomic E-state index is 5.33. The molecule has 0 saturated carbocycles. The molecule has 1 aromatic carbocycles. The zero-order chi connectivity index (χ0) is 13.8. The van der Waals surface area contributed by atoms with Crippen LogP contribution in [0.3, 0.4) is 0 Å². The molecule has 0 atom stereocenters.